The molecule has 2 aliphatic rings. The number of aryl methyl sites for hydroxylation is 2. The summed E-state index contributed by atoms with van der Waals surface area (Å²) in [6.07, 6.45) is 1.22. The molecule has 0 bridgehead atoms. The van der Waals surface area contributed by atoms with E-state index in [0.29, 0.717) is 57.2 Å². The lowest BCUT2D eigenvalue weighted by Gasteiger charge is -2.46. The van der Waals surface area contributed by atoms with Gasteiger partial charge >= 0.3 is 0 Å². The molecule has 2 fully saturated rings. The van der Waals surface area contributed by atoms with Gasteiger partial charge in [0.1, 0.15) is 0 Å². The van der Waals surface area contributed by atoms with Crippen LogP contribution in [0.2, 0.25) is 0 Å². The second kappa shape index (κ2) is 6.69. The predicted molar refractivity (Wildman–Crippen MR) is 90.8 cm³/mol. The summed E-state index contributed by atoms with van der Waals surface area (Å²) in [4.78, 5) is 18.5. The molecule has 3 rings (SSSR count). The summed E-state index contributed by atoms with van der Waals surface area (Å²) in [5.41, 5.74) is 0.0980. The number of piperidine rings is 1. The Morgan fingerprint density at radius 1 is 1.24 bits per heavy atom. The van der Waals surface area contributed by atoms with E-state index in [4.69, 9.17) is 9.15 Å². The number of hydrogen-bond acceptors (Lipinski definition) is 6. The number of carbonyl (C=O) groups is 1. The van der Waals surface area contributed by atoms with Gasteiger partial charge in [-0.25, -0.2) is 13.4 Å². The molecule has 1 aromatic heterocycles. The van der Waals surface area contributed by atoms with Crippen LogP contribution in [-0.4, -0.2) is 72.7 Å². The summed E-state index contributed by atoms with van der Waals surface area (Å²) < 4.78 is 37.2. The van der Waals surface area contributed by atoms with E-state index in [2.05, 4.69) is 4.98 Å². The standard InChI is InChI=1S/C16H25N3O5S/c1-4-25(21,22)19-9-10-23-16(11-19)5-7-18(8-6-16)15(20)14-12(2)17-13(3)24-14/h4-11H2,1-3H3. The third-order valence-electron chi connectivity index (χ3n) is 5.03. The lowest BCUT2D eigenvalue weighted by Crippen LogP contribution is -2.58. The van der Waals surface area contributed by atoms with Crippen LogP contribution in [0.15, 0.2) is 4.42 Å². The summed E-state index contributed by atoms with van der Waals surface area (Å²) in [5.74, 6) is 0.693. The van der Waals surface area contributed by atoms with E-state index in [9.17, 15) is 13.2 Å². The van der Waals surface area contributed by atoms with Crippen LogP contribution in [0.25, 0.3) is 0 Å². The van der Waals surface area contributed by atoms with E-state index < -0.39 is 15.6 Å². The molecule has 3 heterocycles. The minimum atomic E-state index is -3.22. The molecule has 1 spiro atoms. The van der Waals surface area contributed by atoms with Gasteiger partial charge in [0.05, 0.1) is 23.7 Å². The largest absolute Gasteiger partial charge is 0.436 e. The van der Waals surface area contributed by atoms with Crippen LogP contribution in [0.5, 0.6) is 0 Å². The van der Waals surface area contributed by atoms with Crippen LogP contribution in [0.1, 0.15) is 41.9 Å². The van der Waals surface area contributed by atoms with Gasteiger partial charge in [0.25, 0.3) is 5.91 Å². The first-order valence-electron chi connectivity index (χ1n) is 8.61. The van der Waals surface area contributed by atoms with E-state index in [1.807, 2.05) is 0 Å². The SMILES string of the molecule is CCS(=O)(=O)N1CCOC2(CCN(C(=O)c3oc(C)nc3C)CC2)C1. The number of hydrogen-bond donors (Lipinski definition) is 0. The number of morpholine rings is 1. The Balaban J connectivity index is 1.67. The number of rotatable bonds is 3. The molecule has 25 heavy (non-hydrogen) atoms. The summed E-state index contributed by atoms with van der Waals surface area (Å²) >= 11 is 0. The van der Waals surface area contributed by atoms with Crippen LogP contribution >= 0.6 is 0 Å². The van der Waals surface area contributed by atoms with Crippen molar-refractivity contribution in [2.24, 2.45) is 0 Å². The minimum Gasteiger partial charge on any atom is -0.436 e. The lowest BCUT2D eigenvalue weighted by molar-refractivity contribution is -0.115. The Hall–Kier alpha value is -1.45. The van der Waals surface area contributed by atoms with Crippen molar-refractivity contribution in [1.82, 2.24) is 14.2 Å². The number of likely N-dealkylation sites (tertiary alicyclic amines) is 1. The third-order valence-corrected chi connectivity index (χ3v) is 6.86. The van der Waals surface area contributed by atoms with Gasteiger partial charge in [-0.1, -0.05) is 0 Å². The molecule has 140 valence electrons. The molecule has 0 aliphatic carbocycles. The van der Waals surface area contributed by atoms with Crippen LogP contribution in [0.3, 0.4) is 0 Å². The minimum absolute atomic E-state index is 0.0951. The van der Waals surface area contributed by atoms with Crippen LogP contribution < -0.4 is 0 Å². The van der Waals surface area contributed by atoms with Gasteiger partial charge in [0.2, 0.25) is 15.8 Å². The van der Waals surface area contributed by atoms with E-state index in [0.717, 1.165) is 0 Å². The summed E-state index contributed by atoms with van der Waals surface area (Å²) in [6.45, 7) is 7.31. The molecular weight excluding hydrogens is 346 g/mol. The first kappa shape index (κ1) is 18.3. The molecule has 1 amide bonds. The van der Waals surface area contributed by atoms with Crippen molar-refractivity contribution in [3.05, 3.63) is 17.3 Å². The van der Waals surface area contributed by atoms with Gasteiger partial charge in [0, 0.05) is 33.1 Å². The molecule has 0 aromatic carbocycles. The van der Waals surface area contributed by atoms with Crippen molar-refractivity contribution in [3.63, 3.8) is 0 Å². The fourth-order valence-electron chi connectivity index (χ4n) is 3.52. The highest BCUT2D eigenvalue weighted by atomic mass is 32.2. The van der Waals surface area contributed by atoms with Gasteiger partial charge in [0.15, 0.2) is 5.89 Å². The molecular formula is C16H25N3O5S. The molecule has 0 atom stereocenters. The Morgan fingerprint density at radius 2 is 1.92 bits per heavy atom. The molecule has 9 heteroatoms. The first-order valence-corrected chi connectivity index (χ1v) is 10.2. The van der Waals surface area contributed by atoms with Gasteiger partial charge in [-0.2, -0.15) is 4.31 Å². The van der Waals surface area contributed by atoms with Gasteiger partial charge < -0.3 is 14.1 Å². The highest BCUT2D eigenvalue weighted by molar-refractivity contribution is 7.89. The average Bonchev–Trinajstić information content (AvgIpc) is 2.93. The highest BCUT2D eigenvalue weighted by Crippen LogP contribution is 2.32. The topological polar surface area (TPSA) is 93.0 Å². The van der Waals surface area contributed by atoms with Crippen molar-refractivity contribution < 1.29 is 22.4 Å². The Labute approximate surface area is 148 Å². The second-order valence-corrected chi connectivity index (χ2v) is 8.96. The molecule has 8 nitrogen and oxygen atoms in total. The van der Waals surface area contributed by atoms with Crippen molar-refractivity contribution >= 4 is 15.9 Å². The fourth-order valence-corrected chi connectivity index (χ4v) is 4.67. The Bertz CT molecular complexity index is 750. The van der Waals surface area contributed by atoms with Gasteiger partial charge in [-0.15, -0.1) is 0 Å². The monoisotopic (exact) mass is 371 g/mol. The van der Waals surface area contributed by atoms with Crippen LogP contribution in [-0.2, 0) is 14.8 Å². The smallest absolute Gasteiger partial charge is 0.291 e. The summed E-state index contributed by atoms with van der Waals surface area (Å²) in [5, 5.41) is 0. The zero-order valence-corrected chi connectivity index (χ0v) is 15.8. The quantitative estimate of drug-likeness (QED) is 0.785. The predicted octanol–water partition coefficient (Wildman–Crippen LogP) is 0.948. The lowest BCUT2D eigenvalue weighted by atomic mass is 9.90. The molecule has 0 unspecified atom stereocenters. The highest BCUT2D eigenvalue weighted by Gasteiger charge is 2.43. The maximum atomic E-state index is 12.6. The van der Waals surface area contributed by atoms with Gasteiger partial charge in [-0.3, -0.25) is 4.79 Å². The second-order valence-electron chi connectivity index (χ2n) is 6.71. The maximum absolute atomic E-state index is 12.6. The molecule has 1 aromatic rings. The maximum Gasteiger partial charge on any atom is 0.291 e. The molecule has 0 radical (unpaired) electrons. The van der Waals surface area contributed by atoms with Gasteiger partial charge in [-0.05, 0) is 26.7 Å². The first-order chi connectivity index (χ1) is 11.8. The summed E-state index contributed by atoms with van der Waals surface area (Å²) in [7, 11) is -3.22. The Kier molecular flexibility index (Phi) is 4.91. The zero-order valence-electron chi connectivity index (χ0n) is 14.9. The number of sulfonamides is 1. The van der Waals surface area contributed by atoms with E-state index in [1.54, 1.807) is 25.7 Å². The fraction of sp³-hybridized carbons (Fsp3) is 0.750. The number of oxazole rings is 1. The van der Waals surface area contributed by atoms with E-state index >= 15 is 0 Å². The molecule has 0 N–H and O–H groups in total. The van der Waals surface area contributed by atoms with E-state index in [-0.39, 0.29) is 17.4 Å². The van der Waals surface area contributed by atoms with E-state index in [1.165, 1.54) is 4.31 Å². The van der Waals surface area contributed by atoms with Crippen molar-refractivity contribution in [2.75, 3.05) is 38.5 Å². The van der Waals surface area contributed by atoms with Crippen molar-refractivity contribution in [2.45, 2.75) is 39.2 Å². The van der Waals surface area contributed by atoms with Crippen molar-refractivity contribution in [3.8, 4) is 0 Å². The number of aromatic nitrogens is 1. The average molecular weight is 371 g/mol. The normalized spacial score (nSPS) is 21.6. The van der Waals surface area contributed by atoms with Crippen LogP contribution in [0, 0.1) is 13.8 Å². The van der Waals surface area contributed by atoms with Crippen molar-refractivity contribution in [1.29, 1.82) is 0 Å². The number of ether oxygens (including phenoxy) is 1. The number of amides is 1. The van der Waals surface area contributed by atoms with Crippen LogP contribution in [0.4, 0.5) is 0 Å². The number of carbonyl (C=O) groups excluding carboxylic acids is 1. The molecule has 2 aliphatic heterocycles. The third kappa shape index (κ3) is 3.58. The Morgan fingerprint density at radius 3 is 2.48 bits per heavy atom. The molecule has 2 saturated heterocycles. The summed E-state index contributed by atoms with van der Waals surface area (Å²) in [6, 6.07) is 0. The zero-order chi connectivity index (χ0) is 18.2. The number of nitrogens with zero attached hydrogens (tertiary/aromatic N) is 3. The molecule has 0 saturated carbocycles.